The van der Waals surface area contributed by atoms with Crippen molar-refractivity contribution in [3.8, 4) is 0 Å². The molecule has 3 aliphatic carbocycles. The molecule has 0 radical (unpaired) electrons. The summed E-state index contributed by atoms with van der Waals surface area (Å²) in [7, 11) is 9.47. The minimum Gasteiger partial charge on any atom is -0.331 e. The van der Waals surface area contributed by atoms with Crippen molar-refractivity contribution in [2.45, 2.75) is 33.1 Å². The van der Waals surface area contributed by atoms with E-state index in [1.807, 2.05) is 0 Å². The Hall–Kier alpha value is -0.340. The van der Waals surface area contributed by atoms with E-state index < -0.39 is 0 Å². The second-order valence-corrected chi connectivity index (χ2v) is 10.1. The molecule has 1 heterocycles. The summed E-state index contributed by atoms with van der Waals surface area (Å²) in [5.41, 5.74) is 0.997. The highest BCUT2D eigenvalue weighted by Gasteiger charge is 2.60. The van der Waals surface area contributed by atoms with Gasteiger partial charge in [-0.3, -0.25) is 0 Å². The molecule has 0 aromatic rings. The van der Waals surface area contributed by atoms with E-state index in [0.29, 0.717) is 10.8 Å². The van der Waals surface area contributed by atoms with Gasteiger partial charge in [-0.1, -0.05) is 26.0 Å². The molecule has 0 N–H and O–H groups in total. The van der Waals surface area contributed by atoms with E-state index in [1.54, 1.807) is 0 Å². The molecule has 120 valence electrons. The minimum atomic E-state index is 0.499. The number of hydrogen-bond acceptors (Lipinski definition) is 0. The van der Waals surface area contributed by atoms with Gasteiger partial charge in [-0.05, 0) is 23.7 Å². The molecule has 21 heavy (non-hydrogen) atoms. The van der Waals surface area contributed by atoms with Crippen molar-refractivity contribution in [2.24, 2.45) is 22.7 Å². The fourth-order valence-corrected chi connectivity index (χ4v) is 5.43. The standard InChI is InChI=1S/C19H36N2/c1-18-8-10-19(2,11-9-18)17-15-21(6,14-16(17)18)13-7-12-20(3,4)5/h8,10,16-17H,7,9,11-15H2,1-6H3/q+2. The zero-order valence-corrected chi connectivity index (χ0v) is 15.2. The normalized spacial score (nSPS) is 48.7. The lowest BCUT2D eigenvalue weighted by atomic mass is 9.50. The molecular weight excluding hydrogens is 256 g/mol. The van der Waals surface area contributed by atoms with Gasteiger partial charge in [-0.15, -0.1) is 0 Å². The minimum absolute atomic E-state index is 0.499. The summed E-state index contributed by atoms with van der Waals surface area (Å²) in [5, 5.41) is 0. The second-order valence-electron chi connectivity index (χ2n) is 10.1. The predicted molar refractivity (Wildman–Crippen MR) is 89.9 cm³/mol. The lowest BCUT2D eigenvalue weighted by Crippen LogP contribution is -2.48. The molecule has 2 heteroatoms. The SMILES string of the molecule is CC12C=CC(C)(CC1)C1C[N+](C)(CCC[N+](C)(C)C)CC12. The highest BCUT2D eigenvalue weighted by molar-refractivity contribution is 5.21. The van der Waals surface area contributed by atoms with Gasteiger partial charge in [0, 0.05) is 18.3 Å². The van der Waals surface area contributed by atoms with Gasteiger partial charge in [0.25, 0.3) is 0 Å². The third-order valence-electron chi connectivity index (χ3n) is 7.03. The number of fused-ring (bicyclic) bond motifs is 1. The summed E-state index contributed by atoms with van der Waals surface area (Å²) in [6.07, 6.45) is 9.36. The number of nitrogens with zero attached hydrogens (tertiary/aromatic N) is 2. The van der Waals surface area contributed by atoms with E-state index in [-0.39, 0.29) is 0 Å². The Morgan fingerprint density at radius 3 is 1.86 bits per heavy atom. The summed E-state index contributed by atoms with van der Waals surface area (Å²) in [6.45, 7) is 10.6. The first-order chi connectivity index (χ1) is 9.56. The molecule has 0 amide bonds. The van der Waals surface area contributed by atoms with Gasteiger partial charge in [0.15, 0.2) is 0 Å². The molecule has 2 bridgehead atoms. The van der Waals surface area contributed by atoms with Crippen molar-refractivity contribution in [1.82, 2.24) is 0 Å². The van der Waals surface area contributed by atoms with E-state index >= 15 is 0 Å². The Morgan fingerprint density at radius 1 is 1.00 bits per heavy atom. The number of likely N-dealkylation sites (tertiary alicyclic amines) is 1. The van der Waals surface area contributed by atoms with Crippen LogP contribution in [0, 0.1) is 22.7 Å². The van der Waals surface area contributed by atoms with Crippen LogP contribution in [0.1, 0.15) is 33.1 Å². The molecule has 2 nitrogen and oxygen atoms in total. The van der Waals surface area contributed by atoms with Crippen LogP contribution in [-0.4, -0.2) is 63.3 Å². The second kappa shape index (κ2) is 4.58. The topological polar surface area (TPSA) is 0 Å². The van der Waals surface area contributed by atoms with Crippen molar-refractivity contribution in [1.29, 1.82) is 0 Å². The van der Waals surface area contributed by atoms with Gasteiger partial charge >= 0.3 is 0 Å². The van der Waals surface area contributed by atoms with Gasteiger partial charge in [0.1, 0.15) is 0 Å². The third-order valence-corrected chi connectivity index (χ3v) is 7.03. The van der Waals surface area contributed by atoms with Crippen LogP contribution in [0.4, 0.5) is 0 Å². The van der Waals surface area contributed by atoms with E-state index in [9.17, 15) is 0 Å². The molecule has 1 aliphatic heterocycles. The fourth-order valence-electron chi connectivity index (χ4n) is 5.43. The van der Waals surface area contributed by atoms with E-state index in [2.05, 4.69) is 54.2 Å². The monoisotopic (exact) mass is 292 g/mol. The first-order valence-corrected chi connectivity index (χ1v) is 8.90. The first-order valence-electron chi connectivity index (χ1n) is 8.90. The van der Waals surface area contributed by atoms with Crippen LogP contribution >= 0.6 is 0 Å². The van der Waals surface area contributed by atoms with Gasteiger partial charge in [0.05, 0.1) is 54.4 Å². The molecule has 2 fully saturated rings. The number of allylic oxidation sites excluding steroid dienone is 2. The van der Waals surface area contributed by atoms with Gasteiger partial charge in [-0.2, -0.15) is 0 Å². The zero-order valence-electron chi connectivity index (χ0n) is 15.2. The quantitative estimate of drug-likeness (QED) is 0.551. The van der Waals surface area contributed by atoms with E-state index in [4.69, 9.17) is 0 Å². The van der Waals surface area contributed by atoms with Crippen LogP contribution in [-0.2, 0) is 0 Å². The summed E-state index contributed by atoms with van der Waals surface area (Å²) >= 11 is 0. The maximum Gasteiger partial charge on any atom is 0.0839 e. The molecule has 1 saturated heterocycles. The van der Waals surface area contributed by atoms with Crippen LogP contribution < -0.4 is 0 Å². The molecule has 0 spiro atoms. The molecule has 1 saturated carbocycles. The Morgan fingerprint density at radius 2 is 1.48 bits per heavy atom. The molecule has 4 atom stereocenters. The average Bonchev–Trinajstić information content (AvgIpc) is 2.71. The van der Waals surface area contributed by atoms with Gasteiger partial charge in [-0.25, -0.2) is 0 Å². The van der Waals surface area contributed by atoms with Gasteiger partial charge in [0.2, 0.25) is 0 Å². The maximum atomic E-state index is 2.58. The largest absolute Gasteiger partial charge is 0.331 e. The molecule has 0 aromatic heterocycles. The van der Waals surface area contributed by atoms with Crippen LogP contribution in [0.25, 0.3) is 0 Å². The maximum absolute atomic E-state index is 2.58. The van der Waals surface area contributed by atoms with Crippen molar-refractivity contribution >= 4 is 0 Å². The highest BCUT2D eigenvalue weighted by Crippen LogP contribution is 2.61. The van der Waals surface area contributed by atoms with Crippen molar-refractivity contribution < 1.29 is 8.97 Å². The zero-order chi connectivity index (χ0) is 15.5. The summed E-state index contributed by atoms with van der Waals surface area (Å²) in [4.78, 5) is 0. The molecule has 4 aliphatic rings. The Labute approximate surface area is 132 Å². The highest BCUT2D eigenvalue weighted by atomic mass is 15.4. The lowest BCUT2D eigenvalue weighted by molar-refractivity contribution is -0.910. The van der Waals surface area contributed by atoms with Crippen molar-refractivity contribution in [3.05, 3.63) is 12.2 Å². The smallest absolute Gasteiger partial charge is 0.0839 e. The van der Waals surface area contributed by atoms with Crippen LogP contribution in [0.2, 0.25) is 0 Å². The average molecular weight is 293 g/mol. The third kappa shape index (κ3) is 2.70. The Bertz CT molecular complexity index is 419. The van der Waals surface area contributed by atoms with Crippen LogP contribution in [0.3, 0.4) is 0 Å². The Balaban J connectivity index is 1.70. The van der Waals surface area contributed by atoms with Crippen LogP contribution in [0.5, 0.6) is 0 Å². The van der Waals surface area contributed by atoms with Gasteiger partial charge < -0.3 is 8.97 Å². The number of rotatable bonds is 4. The summed E-state index contributed by atoms with van der Waals surface area (Å²) < 4.78 is 2.42. The number of quaternary nitrogens is 2. The fraction of sp³-hybridized carbons (Fsp3) is 0.895. The molecule has 0 aromatic carbocycles. The van der Waals surface area contributed by atoms with Crippen molar-refractivity contribution in [3.63, 3.8) is 0 Å². The summed E-state index contributed by atoms with van der Waals surface area (Å²) in [6, 6.07) is 0. The van der Waals surface area contributed by atoms with Crippen LogP contribution in [0.15, 0.2) is 12.2 Å². The van der Waals surface area contributed by atoms with E-state index in [0.717, 1.165) is 16.3 Å². The summed E-state index contributed by atoms with van der Waals surface area (Å²) in [5.74, 6) is 1.85. The molecule has 4 unspecified atom stereocenters. The first kappa shape index (κ1) is 15.6. The predicted octanol–water partition coefficient (Wildman–Crippen LogP) is 3.15. The van der Waals surface area contributed by atoms with E-state index in [1.165, 1.54) is 49.9 Å². The Kier molecular flexibility index (Phi) is 3.39. The lowest BCUT2D eigenvalue weighted by Gasteiger charge is -2.52. The molecular formula is C19H36N2+2. The number of hydrogen-bond donors (Lipinski definition) is 0. The van der Waals surface area contributed by atoms with Crippen molar-refractivity contribution in [2.75, 3.05) is 54.4 Å². The molecule has 4 rings (SSSR count).